The third-order valence-corrected chi connectivity index (χ3v) is 4.42. The number of carbonyl (C=O) groups is 1. The van der Waals surface area contributed by atoms with Gasteiger partial charge >= 0.3 is 0 Å². The summed E-state index contributed by atoms with van der Waals surface area (Å²) in [5.41, 5.74) is 1.60. The van der Waals surface area contributed by atoms with Gasteiger partial charge in [-0.1, -0.05) is 5.16 Å². The minimum atomic E-state index is -3.83. The van der Waals surface area contributed by atoms with Gasteiger partial charge in [-0.3, -0.25) is 4.79 Å². The molecule has 0 fully saturated rings. The summed E-state index contributed by atoms with van der Waals surface area (Å²) < 4.78 is 31.8. The van der Waals surface area contributed by atoms with Crippen LogP contribution in [0.2, 0.25) is 0 Å². The highest BCUT2D eigenvalue weighted by Crippen LogP contribution is 2.22. The molecule has 0 aliphatic rings. The second kappa shape index (κ2) is 6.50. The number of nitrogens with zero attached hydrogens (tertiary/aromatic N) is 2. The molecule has 0 atom stereocenters. The van der Waals surface area contributed by atoms with Crippen LogP contribution in [-0.4, -0.2) is 19.5 Å². The summed E-state index contributed by atoms with van der Waals surface area (Å²) >= 11 is 0. The van der Waals surface area contributed by atoms with Crippen LogP contribution in [0.15, 0.2) is 33.7 Å². The highest BCUT2D eigenvalue weighted by Gasteiger charge is 2.19. The average Bonchev–Trinajstić information content (AvgIpc) is 2.79. The van der Waals surface area contributed by atoms with Crippen LogP contribution in [0.1, 0.15) is 17.7 Å². The van der Waals surface area contributed by atoms with Gasteiger partial charge in [0.1, 0.15) is 6.42 Å². The lowest BCUT2D eigenvalue weighted by Crippen LogP contribution is -2.14. The van der Waals surface area contributed by atoms with Gasteiger partial charge in [-0.05, 0) is 38.1 Å². The topological polar surface area (TPSA) is 125 Å². The summed E-state index contributed by atoms with van der Waals surface area (Å²) in [5.74, 6) is -0.400. The predicted octanol–water partition coefficient (Wildman–Crippen LogP) is 1.94. The number of nitrogens with one attached hydrogen (secondary N) is 2. The number of aromatic nitrogens is 1. The van der Waals surface area contributed by atoms with E-state index in [1.54, 1.807) is 19.9 Å². The number of benzene rings is 1. The lowest BCUT2D eigenvalue weighted by Gasteiger charge is -2.07. The monoisotopic (exact) mass is 334 g/mol. The van der Waals surface area contributed by atoms with Crippen LogP contribution >= 0.6 is 0 Å². The molecule has 1 aromatic heterocycles. The van der Waals surface area contributed by atoms with Crippen molar-refractivity contribution in [1.29, 1.82) is 5.26 Å². The zero-order chi connectivity index (χ0) is 17.0. The van der Waals surface area contributed by atoms with E-state index in [1.807, 2.05) is 0 Å². The zero-order valence-electron chi connectivity index (χ0n) is 12.5. The van der Waals surface area contributed by atoms with Crippen molar-refractivity contribution in [3.63, 3.8) is 0 Å². The van der Waals surface area contributed by atoms with Crippen molar-refractivity contribution in [3.05, 3.63) is 35.5 Å². The van der Waals surface area contributed by atoms with E-state index in [0.717, 1.165) is 0 Å². The van der Waals surface area contributed by atoms with Gasteiger partial charge < -0.3 is 9.84 Å². The SMILES string of the molecule is Cc1noc(NS(=O)(=O)c2ccc(NC(=O)CC#N)cc2)c1C. The molecule has 1 heterocycles. The quantitative estimate of drug-likeness (QED) is 0.861. The minimum Gasteiger partial charge on any atom is -0.337 e. The van der Waals surface area contributed by atoms with Crippen LogP contribution in [-0.2, 0) is 14.8 Å². The third kappa shape index (κ3) is 3.87. The fraction of sp³-hybridized carbons (Fsp3) is 0.214. The van der Waals surface area contributed by atoms with E-state index < -0.39 is 15.9 Å². The molecule has 120 valence electrons. The number of amides is 1. The fourth-order valence-electron chi connectivity index (χ4n) is 1.69. The summed E-state index contributed by atoms with van der Waals surface area (Å²) in [7, 11) is -3.83. The standard InChI is InChI=1S/C14H14N4O4S/c1-9-10(2)17-22-14(9)18-23(20,21)12-5-3-11(4-6-12)16-13(19)7-8-15/h3-6,18H,7H2,1-2H3,(H,16,19). The molecule has 1 aromatic carbocycles. The second-order valence-corrected chi connectivity index (χ2v) is 6.42. The van der Waals surface area contributed by atoms with Crippen LogP contribution in [0.4, 0.5) is 11.6 Å². The fourth-order valence-corrected chi connectivity index (χ4v) is 2.73. The molecule has 0 aliphatic heterocycles. The normalized spacial score (nSPS) is 10.8. The number of sulfonamides is 1. The Labute approximate surface area is 133 Å². The van der Waals surface area contributed by atoms with E-state index in [0.29, 0.717) is 16.9 Å². The molecule has 9 heteroatoms. The van der Waals surface area contributed by atoms with Gasteiger partial charge in [-0.25, -0.2) is 13.1 Å². The molecular formula is C14H14N4O4S. The number of anilines is 2. The predicted molar refractivity (Wildman–Crippen MR) is 82.1 cm³/mol. The van der Waals surface area contributed by atoms with Gasteiger partial charge in [0.15, 0.2) is 0 Å². The number of aryl methyl sites for hydroxylation is 1. The Balaban J connectivity index is 2.16. The van der Waals surface area contributed by atoms with Gasteiger partial charge in [-0.2, -0.15) is 5.26 Å². The zero-order valence-corrected chi connectivity index (χ0v) is 13.3. The Morgan fingerprint density at radius 3 is 2.48 bits per heavy atom. The summed E-state index contributed by atoms with van der Waals surface area (Å²) in [4.78, 5) is 11.3. The van der Waals surface area contributed by atoms with E-state index in [2.05, 4.69) is 15.2 Å². The largest absolute Gasteiger partial charge is 0.337 e. The van der Waals surface area contributed by atoms with Crippen LogP contribution in [0, 0.1) is 25.2 Å². The number of rotatable bonds is 5. The van der Waals surface area contributed by atoms with E-state index in [-0.39, 0.29) is 17.2 Å². The molecule has 0 radical (unpaired) electrons. The molecule has 8 nitrogen and oxygen atoms in total. The molecule has 0 saturated heterocycles. The van der Waals surface area contributed by atoms with E-state index >= 15 is 0 Å². The highest BCUT2D eigenvalue weighted by atomic mass is 32.2. The van der Waals surface area contributed by atoms with Crippen molar-refractivity contribution in [2.75, 3.05) is 10.0 Å². The summed E-state index contributed by atoms with van der Waals surface area (Å²) in [6, 6.07) is 7.26. The molecule has 0 spiro atoms. The van der Waals surface area contributed by atoms with Crippen molar-refractivity contribution in [2.24, 2.45) is 0 Å². The Kier molecular flexibility index (Phi) is 4.66. The second-order valence-electron chi connectivity index (χ2n) is 4.74. The lowest BCUT2D eigenvalue weighted by atomic mass is 10.3. The molecule has 2 rings (SSSR count). The van der Waals surface area contributed by atoms with Crippen LogP contribution in [0.5, 0.6) is 0 Å². The lowest BCUT2D eigenvalue weighted by molar-refractivity contribution is -0.115. The first-order valence-electron chi connectivity index (χ1n) is 6.56. The van der Waals surface area contributed by atoms with Crippen molar-refractivity contribution >= 4 is 27.5 Å². The van der Waals surface area contributed by atoms with Crippen molar-refractivity contribution in [1.82, 2.24) is 5.16 Å². The number of hydrogen-bond acceptors (Lipinski definition) is 6. The maximum atomic E-state index is 12.3. The van der Waals surface area contributed by atoms with Crippen molar-refractivity contribution < 1.29 is 17.7 Å². The number of hydrogen-bond donors (Lipinski definition) is 2. The third-order valence-electron chi connectivity index (χ3n) is 3.07. The van der Waals surface area contributed by atoms with E-state index in [4.69, 9.17) is 9.78 Å². The Morgan fingerprint density at radius 2 is 1.96 bits per heavy atom. The molecule has 1 amide bonds. The molecule has 0 saturated carbocycles. The Bertz CT molecular complexity index is 863. The molecule has 0 unspecified atom stereocenters. The molecular weight excluding hydrogens is 320 g/mol. The maximum Gasteiger partial charge on any atom is 0.264 e. The molecule has 23 heavy (non-hydrogen) atoms. The number of carbonyl (C=O) groups excluding carboxylic acids is 1. The summed E-state index contributed by atoms with van der Waals surface area (Å²) in [5, 5.41) is 14.6. The minimum absolute atomic E-state index is 0.00392. The van der Waals surface area contributed by atoms with Crippen molar-refractivity contribution in [3.8, 4) is 6.07 Å². The highest BCUT2D eigenvalue weighted by molar-refractivity contribution is 7.92. The smallest absolute Gasteiger partial charge is 0.264 e. The van der Waals surface area contributed by atoms with Crippen LogP contribution in [0.3, 0.4) is 0 Å². The van der Waals surface area contributed by atoms with Gasteiger partial charge in [0.2, 0.25) is 11.8 Å². The van der Waals surface area contributed by atoms with Crippen LogP contribution < -0.4 is 10.0 Å². The van der Waals surface area contributed by atoms with Gasteiger partial charge in [-0.15, -0.1) is 0 Å². The van der Waals surface area contributed by atoms with E-state index in [1.165, 1.54) is 24.3 Å². The summed E-state index contributed by atoms with van der Waals surface area (Å²) in [6.45, 7) is 3.40. The molecule has 0 bridgehead atoms. The van der Waals surface area contributed by atoms with Gasteiger partial charge in [0.05, 0.1) is 16.7 Å². The first kappa shape index (κ1) is 16.5. The van der Waals surface area contributed by atoms with Gasteiger partial charge in [0.25, 0.3) is 10.0 Å². The summed E-state index contributed by atoms with van der Waals surface area (Å²) in [6.07, 6.45) is -0.272. The first-order valence-corrected chi connectivity index (χ1v) is 8.04. The van der Waals surface area contributed by atoms with Crippen LogP contribution in [0.25, 0.3) is 0 Å². The first-order chi connectivity index (χ1) is 10.8. The molecule has 2 N–H and O–H groups in total. The molecule has 0 aliphatic carbocycles. The Hall–Kier alpha value is -2.86. The van der Waals surface area contributed by atoms with Gasteiger partial charge in [0, 0.05) is 11.3 Å². The van der Waals surface area contributed by atoms with Crippen molar-refractivity contribution in [2.45, 2.75) is 25.2 Å². The molecule has 2 aromatic rings. The average molecular weight is 334 g/mol. The number of nitriles is 1. The van der Waals surface area contributed by atoms with E-state index in [9.17, 15) is 13.2 Å². The maximum absolute atomic E-state index is 12.3. The Morgan fingerprint density at radius 1 is 1.30 bits per heavy atom.